The lowest BCUT2D eigenvalue weighted by Crippen LogP contribution is -2.27. The Bertz CT molecular complexity index is 686. The molecule has 1 atom stereocenters. The number of sulfonamides is 1. The van der Waals surface area contributed by atoms with Crippen molar-refractivity contribution in [1.29, 1.82) is 0 Å². The summed E-state index contributed by atoms with van der Waals surface area (Å²) in [5, 5.41) is 5.02. The van der Waals surface area contributed by atoms with Crippen molar-refractivity contribution in [3.05, 3.63) is 29.8 Å². The first-order chi connectivity index (χ1) is 10.3. The molecular weight excluding hydrogens is 308 g/mol. The van der Waals surface area contributed by atoms with Crippen LogP contribution in [-0.4, -0.2) is 39.2 Å². The first kappa shape index (κ1) is 16.4. The number of benzene rings is 1. The molecule has 7 nitrogen and oxygen atoms in total. The van der Waals surface area contributed by atoms with Crippen molar-refractivity contribution in [1.82, 2.24) is 0 Å². The minimum Gasteiger partial charge on any atom is -0.462 e. The van der Waals surface area contributed by atoms with E-state index in [-0.39, 0.29) is 37.2 Å². The predicted octanol–water partition coefficient (Wildman–Crippen LogP) is 0.505. The molecule has 1 unspecified atom stereocenters. The van der Waals surface area contributed by atoms with Gasteiger partial charge in [0.1, 0.15) is 0 Å². The zero-order chi connectivity index (χ0) is 16.3. The van der Waals surface area contributed by atoms with Crippen molar-refractivity contribution in [2.24, 2.45) is 11.1 Å². The Morgan fingerprint density at radius 1 is 1.45 bits per heavy atom. The van der Waals surface area contributed by atoms with Crippen LogP contribution in [0.4, 0.5) is 5.69 Å². The number of nitrogens with zero attached hydrogens (tertiary/aromatic N) is 1. The van der Waals surface area contributed by atoms with Gasteiger partial charge in [0.15, 0.2) is 0 Å². The Hall–Kier alpha value is -1.93. The summed E-state index contributed by atoms with van der Waals surface area (Å²) in [7, 11) is -3.62. The smallest absolute Gasteiger partial charge is 0.338 e. The van der Waals surface area contributed by atoms with Crippen LogP contribution in [-0.2, 0) is 19.6 Å². The van der Waals surface area contributed by atoms with Gasteiger partial charge in [0.25, 0.3) is 0 Å². The van der Waals surface area contributed by atoms with E-state index < -0.39 is 16.0 Å². The molecule has 0 spiro atoms. The summed E-state index contributed by atoms with van der Waals surface area (Å²) in [4.78, 5) is 25.2. The summed E-state index contributed by atoms with van der Waals surface area (Å²) in [6.07, 6.45) is 0.125. The van der Waals surface area contributed by atoms with Gasteiger partial charge in [-0.1, -0.05) is 6.07 Å². The number of carbonyl (C=O) groups is 2. The van der Waals surface area contributed by atoms with Gasteiger partial charge < -0.3 is 9.64 Å². The monoisotopic (exact) mass is 326 g/mol. The Balaban J connectivity index is 2.16. The number of hydrogen-bond acceptors (Lipinski definition) is 5. The molecule has 2 N–H and O–H groups in total. The Labute approximate surface area is 129 Å². The van der Waals surface area contributed by atoms with E-state index in [0.29, 0.717) is 11.3 Å². The fraction of sp³-hybridized carbons (Fsp3) is 0.429. The molecule has 22 heavy (non-hydrogen) atoms. The standard InChI is InChI=1S/C14H18N2O5S/c1-2-21-14(18)11-4-3-5-12(7-11)16-8-10(6-13(16)17)9-22(15,19)20/h3-5,7,10H,2,6,8-9H2,1H3,(H2,15,19,20). The average Bonchev–Trinajstić information content (AvgIpc) is 2.77. The van der Waals surface area contributed by atoms with E-state index in [2.05, 4.69) is 0 Å². The molecule has 1 amide bonds. The predicted molar refractivity (Wildman–Crippen MR) is 80.8 cm³/mol. The Morgan fingerprint density at radius 3 is 2.82 bits per heavy atom. The van der Waals surface area contributed by atoms with E-state index in [4.69, 9.17) is 9.88 Å². The van der Waals surface area contributed by atoms with Crippen LogP contribution in [0.3, 0.4) is 0 Å². The molecule has 1 heterocycles. The van der Waals surface area contributed by atoms with Crippen LogP contribution in [0, 0.1) is 5.92 Å². The summed E-state index contributed by atoms with van der Waals surface area (Å²) < 4.78 is 27.2. The Morgan fingerprint density at radius 2 is 2.18 bits per heavy atom. The molecule has 120 valence electrons. The van der Waals surface area contributed by atoms with Crippen molar-refractivity contribution >= 4 is 27.6 Å². The molecule has 0 saturated carbocycles. The van der Waals surface area contributed by atoms with E-state index >= 15 is 0 Å². The normalized spacial score (nSPS) is 18.5. The molecule has 1 aliphatic heterocycles. The average molecular weight is 326 g/mol. The van der Waals surface area contributed by atoms with Gasteiger partial charge in [0, 0.05) is 24.6 Å². The molecule has 0 bridgehead atoms. The second-order valence-electron chi connectivity index (χ2n) is 5.17. The molecule has 1 aromatic carbocycles. The third-order valence-electron chi connectivity index (χ3n) is 3.34. The van der Waals surface area contributed by atoms with Crippen molar-refractivity contribution in [3.63, 3.8) is 0 Å². The SMILES string of the molecule is CCOC(=O)c1cccc(N2CC(CS(N)(=O)=O)CC2=O)c1. The van der Waals surface area contributed by atoms with Crippen LogP contribution >= 0.6 is 0 Å². The van der Waals surface area contributed by atoms with Gasteiger partial charge in [-0.3, -0.25) is 4.79 Å². The van der Waals surface area contributed by atoms with E-state index in [1.54, 1.807) is 31.2 Å². The number of rotatable bonds is 5. The minimum atomic E-state index is -3.62. The topological polar surface area (TPSA) is 107 Å². The van der Waals surface area contributed by atoms with E-state index in [1.807, 2.05) is 0 Å². The van der Waals surface area contributed by atoms with E-state index in [9.17, 15) is 18.0 Å². The van der Waals surface area contributed by atoms with E-state index in [1.165, 1.54) is 4.90 Å². The first-order valence-electron chi connectivity index (χ1n) is 6.88. The van der Waals surface area contributed by atoms with Gasteiger partial charge in [-0.15, -0.1) is 0 Å². The number of carbonyl (C=O) groups excluding carboxylic acids is 2. The van der Waals surface area contributed by atoms with E-state index in [0.717, 1.165) is 0 Å². The van der Waals surface area contributed by atoms with Gasteiger partial charge in [0.2, 0.25) is 15.9 Å². The lowest BCUT2D eigenvalue weighted by atomic mass is 10.1. The molecule has 0 aromatic heterocycles. The second kappa shape index (κ2) is 6.45. The van der Waals surface area contributed by atoms with Crippen molar-refractivity contribution in [2.75, 3.05) is 23.8 Å². The van der Waals surface area contributed by atoms with Crippen molar-refractivity contribution < 1.29 is 22.7 Å². The number of ether oxygens (including phenoxy) is 1. The van der Waals surface area contributed by atoms with Crippen LogP contribution in [0.15, 0.2) is 24.3 Å². The van der Waals surface area contributed by atoms with Gasteiger partial charge in [-0.2, -0.15) is 0 Å². The van der Waals surface area contributed by atoms with Crippen LogP contribution in [0.25, 0.3) is 0 Å². The molecule has 1 aromatic rings. The maximum atomic E-state index is 12.1. The zero-order valence-electron chi connectivity index (χ0n) is 12.2. The molecule has 1 aliphatic rings. The van der Waals surface area contributed by atoms with Crippen LogP contribution < -0.4 is 10.0 Å². The highest BCUT2D eigenvalue weighted by molar-refractivity contribution is 7.89. The minimum absolute atomic E-state index is 0.125. The number of hydrogen-bond donors (Lipinski definition) is 1. The number of anilines is 1. The highest BCUT2D eigenvalue weighted by atomic mass is 32.2. The molecule has 1 fully saturated rings. The van der Waals surface area contributed by atoms with Gasteiger partial charge in [-0.05, 0) is 25.1 Å². The quantitative estimate of drug-likeness (QED) is 0.793. The molecule has 1 saturated heterocycles. The fourth-order valence-electron chi connectivity index (χ4n) is 2.49. The highest BCUT2D eigenvalue weighted by Gasteiger charge is 2.33. The molecule has 8 heteroatoms. The summed E-state index contributed by atoms with van der Waals surface area (Å²) in [6, 6.07) is 6.51. The lowest BCUT2D eigenvalue weighted by molar-refractivity contribution is -0.117. The largest absolute Gasteiger partial charge is 0.462 e. The third kappa shape index (κ3) is 4.05. The molecule has 2 rings (SSSR count). The number of primary sulfonamides is 1. The number of nitrogens with two attached hydrogens (primary N) is 1. The van der Waals surface area contributed by atoms with Crippen LogP contribution in [0.5, 0.6) is 0 Å². The summed E-state index contributed by atoms with van der Waals surface area (Å²) >= 11 is 0. The zero-order valence-corrected chi connectivity index (χ0v) is 13.0. The van der Waals surface area contributed by atoms with Gasteiger partial charge >= 0.3 is 5.97 Å². The molecule has 0 aliphatic carbocycles. The molecule has 0 radical (unpaired) electrons. The number of esters is 1. The highest BCUT2D eigenvalue weighted by Crippen LogP contribution is 2.26. The maximum absolute atomic E-state index is 12.1. The maximum Gasteiger partial charge on any atom is 0.338 e. The van der Waals surface area contributed by atoms with Gasteiger partial charge in [-0.25, -0.2) is 18.4 Å². The summed E-state index contributed by atoms with van der Waals surface area (Å²) in [5.41, 5.74) is 0.898. The van der Waals surface area contributed by atoms with Crippen molar-refractivity contribution in [3.8, 4) is 0 Å². The first-order valence-corrected chi connectivity index (χ1v) is 8.59. The van der Waals surface area contributed by atoms with Gasteiger partial charge in [0.05, 0.1) is 17.9 Å². The van der Waals surface area contributed by atoms with Crippen LogP contribution in [0.2, 0.25) is 0 Å². The summed E-state index contributed by atoms with van der Waals surface area (Å²) in [5.74, 6) is -1.22. The summed E-state index contributed by atoms with van der Waals surface area (Å²) in [6.45, 7) is 2.24. The van der Waals surface area contributed by atoms with Crippen molar-refractivity contribution in [2.45, 2.75) is 13.3 Å². The second-order valence-corrected chi connectivity index (χ2v) is 6.83. The fourth-order valence-corrected chi connectivity index (χ4v) is 3.37. The number of amides is 1. The third-order valence-corrected chi connectivity index (χ3v) is 4.28. The lowest BCUT2D eigenvalue weighted by Gasteiger charge is -2.17. The molecular formula is C14H18N2O5S. The van der Waals surface area contributed by atoms with Crippen LogP contribution in [0.1, 0.15) is 23.7 Å². The Kier molecular flexibility index (Phi) is 4.82.